The highest BCUT2D eigenvalue weighted by atomic mass is 35.5. The molecule has 0 unspecified atom stereocenters. The molecule has 0 bridgehead atoms. The second-order valence-corrected chi connectivity index (χ2v) is 10.1. The number of hydrogen-bond donors (Lipinski definition) is 0. The number of hydrogen-bond acceptors (Lipinski definition) is 0. The number of benzene rings is 2. The van der Waals surface area contributed by atoms with E-state index in [2.05, 4.69) is 50.3 Å². The first-order valence-corrected chi connectivity index (χ1v) is 9.29. The zero-order valence-corrected chi connectivity index (χ0v) is 12.1. The molecule has 3 rings (SSSR count). The summed E-state index contributed by atoms with van der Waals surface area (Å²) in [6.07, 6.45) is 0. The van der Waals surface area contributed by atoms with Crippen molar-refractivity contribution >= 4 is 30.0 Å². The van der Waals surface area contributed by atoms with Gasteiger partial charge in [0.15, 0.2) is 0 Å². The SMILES string of the molecule is Cc1ccc2c(c1)[Si](C)(C)c1cc(Cl)ccc1-2. The summed E-state index contributed by atoms with van der Waals surface area (Å²) < 4.78 is 0. The maximum Gasteiger partial charge on any atom is 0.113 e. The van der Waals surface area contributed by atoms with Crippen LogP contribution in [0.4, 0.5) is 0 Å². The van der Waals surface area contributed by atoms with Gasteiger partial charge in [0, 0.05) is 5.02 Å². The predicted molar refractivity (Wildman–Crippen MR) is 78.4 cm³/mol. The Morgan fingerprint density at radius 1 is 0.882 bits per heavy atom. The first kappa shape index (κ1) is 11.1. The van der Waals surface area contributed by atoms with Crippen molar-refractivity contribution in [3.8, 4) is 11.1 Å². The monoisotopic (exact) mass is 258 g/mol. The quantitative estimate of drug-likeness (QED) is 0.635. The van der Waals surface area contributed by atoms with Crippen molar-refractivity contribution in [1.82, 2.24) is 0 Å². The van der Waals surface area contributed by atoms with Gasteiger partial charge in [-0.1, -0.05) is 54.5 Å². The van der Waals surface area contributed by atoms with Crippen LogP contribution in [0.1, 0.15) is 5.56 Å². The summed E-state index contributed by atoms with van der Waals surface area (Å²) in [5, 5.41) is 3.88. The number of rotatable bonds is 0. The molecule has 86 valence electrons. The third-order valence-corrected chi connectivity index (χ3v) is 7.55. The van der Waals surface area contributed by atoms with Gasteiger partial charge >= 0.3 is 0 Å². The Balaban J connectivity index is 2.37. The summed E-state index contributed by atoms with van der Waals surface area (Å²) in [6.45, 7) is 6.99. The highest BCUT2D eigenvalue weighted by molar-refractivity contribution is 7.03. The fraction of sp³-hybridized carbons (Fsp3) is 0.200. The fourth-order valence-corrected chi connectivity index (χ4v) is 6.26. The molecule has 1 aliphatic heterocycles. The second-order valence-electron chi connectivity index (χ2n) is 5.36. The smallest absolute Gasteiger partial charge is 0.0843 e. The lowest BCUT2D eigenvalue weighted by Crippen LogP contribution is -2.49. The molecule has 2 aromatic rings. The van der Waals surface area contributed by atoms with Gasteiger partial charge in [-0.15, -0.1) is 0 Å². The Morgan fingerprint density at radius 3 is 2.18 bits per heavy atom. The van der Waals surface area contributed by atoms with E-state index in [1.807, 2.05) is 6.07 Å². The van der Waals surface area contributed by atoms with Crippen LogP contribution in [0, 0.1) is 6.92 Å². The molecule has 0 saturated heterocycles. The molecule has 1 heterocycles. The topological polar surface area (TPSA) is 0 Å². The van der Waals surface area contributed by atoms with Crippen molar-refractivity contribution in [3.05, 3.63) is 47.0 Å². The molecule has 0 nitrogen and oxygen atoms in total. The summed E-state index contributed by atoms with van der Waals surface area (Å²) >= 11 is 6.15. The van der Waals surface area contributed by atoms with Gasteiger partial charge in [0.1, 0.15) is 8.07 Å². The molecular formula is C15H15ClSi. The zero-order chi connectivity index (χ0) is 12.2. The van der Waals surface area contributed by atoms with E-state index in [1.165, 1.54) is 21.9 Å². The molecule has 1 aliphatic rings. The van der Waals surface area contributed by atoms with Crippen molar-refractivity contribution < 1.29 is 0 Å². The van der Waals surface area contributed by atoms with Gasteiger partial charge in [0.25, 0.3) is 0 Å². The van der Waals surface area contributed by atoms with E-state index < -0.39 is 8.07 Å². The molecule has 0 radical (unpaired) electrons. The molecule has 0 fully saturated rings. The lowest BCUT2D eigenvalue weighted by atomic mass is 10.0. The van der Waals surface area contributed by atoms with Crippen molar-refractivity contribution in [2.45, 2.75) is 20.0 Å². The summed E-state index contributed by atoms with van der Waals surface area (Å²) in [5.74, 6) is 0. The first-order chi connectivity index (χ1) is 8.00. The summed E-state index contributed by atoms with van der Waals surface area (Å²) in [5.41, 5.74) is 4.16. The van der Waals surface area contributed by atoms with E-state index in [0.717, 1.165) is 5.02 Å². The molecule has 2 aromatic carbocycles. The average Bonchev–Trinajstić information content (AvgIpc) is 2.49. The van der Waals surface area contributed by atoms with E-state index in [9.17, 15) is 0 Å². The maximum atomic E-state index is 6.15. The lowest BCUT2D eigenvalue weighted by molar-refractivity contribution is 1.49. The molecule has 0 saturated carbocycles. The van der Waals surface area contributed by atoms with Gasteiger partial charge in [-0.05, 0) is 40.6 Å². The van der Waals surface area contributed by atoms with E-state index in [4.69, 9.17) is 11.6 Å². The largest absolute Gasteiger partial charge is 0.113 e. The molecule has 2 heteroatoms. The van der Waals surface area contributed by atoms with Crippen LogP contribution < -0.4 is 10.4 Å². The van der Waals surface area contributed by atoms with Gasteiger partial charge < -0.3 is 0 Å². The molecular weight excluding hydrogens is 244 g/mol. The predicted octanol–water partition coefficient (Wildman–Crippen LogP) is 3.45. The lowest BCUT2D eigenvalue weighted by Gasteiger charge is -2.19. The van der Waals surface area contributed by atoms with Crippen LogP contribution >= 0.6 is 11.6 Å². The van der Waals surface area contributed by atoms with Crippen molar-refractivity contribution in [2.24, 2.45) is 0 Å². The van der Waals surface area contributed by atoms with Crippen LogP contribution in [0.25, 0.3) is 11.1 Å². The minimum Gasteiger partial charge on any atom is -0.0843 e. The second kappa shape index (κ2) is 3.47. The fourth-order valence-electron chi connectivity index (χ4n) is 2.82. The van der Waals surface area contributed by atoms with Crippen LogP contribution in [0.15, 0.2) is 36.4 Å². The minimum atomic E-state index is -1.53. The van der Waals surface area contributed by atoms with E-state index >= 15 is 0 Å². The summed E-state index contributed by atoms with van der Waals surface area (Å²) in [7, 11) is -1.53. The number of fused-ring (bicyclic) bond motifs is 3. The molecule has 0 aromatic heterocycles. The van der Waals surface area contributed by atoms with Crippen LogP contribution in [0.5, 0.6) is 0 Å². The molecule has 0 aliphatic carbocycles. The van der Waals surface area contributed by atoms with Gasteiger partial charge in [-0.2, -0.15) is 0 Å². The Hall–Kier alpha value is -1.05. The normalized spacial score (nSPS) is 15.5. The van der Waals surface area contributed by atoms with Crippen molar-refractivity contribution in [3.63, 3.8) is 0 Å². The van der Waals surface area contributed by atoms with Crippen molar-refractivity contribution in [2.75, 3.05) is 0 Å². The van der Waals surface area contributed by atoms with Crippen LogP contribution in [0.3, 0.4) is 0 Å². The molecule has 17 heavy (non-hydrogen) atoms. The summed E-state index contributed by atoms with van der Waals surface area (Å²) in [6, 6.07) is 13.2. The average molecular weight is 259 g/mol. The molecule has 0 amide bonds. The number of aryl methyl sites for hydroxylation is 1. The Bertz CT molecular complexity index is 561. The van der Waals surface area contributed by atoms with E-state index in [-0.39, 0.29) is 0 Å². The summed E-state index contributed by atoms with van der Waals surface area (Å²) in [4.78, 5) is 0. The molecule has 0 N–H and O–H groups in total. The highest BCUT2D eigenvalue weighted by Crippen LogP contribution is 2.29. The molecule has 0 spiro atoms. The van der Waals surface area contributed by atoms with Gasteiger partial charge in [0.05, 0.1) is 0 Å². The zero-order valence-electron chi connectivity index (χ0n) is 10.3. The van der Waals surface area contributed by atoms with Gasteiger partial charge in [-0.25, -0.2) is 0 Å². The van der Waals surface area contributed by atoms with Crippen LogP contribution in [-0.2, 0) is 0 Å². The third-order valence-electron chi connectivity index (χ3n) is 3.79. The Kier molecular flexibility index (Phi) is 2.26. The number of halogens is 1. The third kappa shape index (κ3) is 1.49. The van der Waals surface area contributed by atoms with E-state index in [1.54, 1.807) is 5.19 Å². The van der Waals surface area contributed by atoms with Crippen molar-refractivity contribution in [1.29, 1.82) is 0 Å². The highest BCUT2D eigenvalue weighted by Gasteiger charge is 2.37. The standard InChI is InChI=1S/C15H15ClSi/c1-10-4-6-12-13-7-5-11(16)9-15(13)17(2,3)14(12)8-10/h4-9H,1-3H3. The minimum absolute atomic E-state index is 0.855. The first-order valence-electron chi connectivity index (χ1n) is 5.92. The van der Waals surface area contributed by atoms with Gasteiger partial charge in [-0.3, -0.25) is 0 Å². The Labute approximate surface area is 108 Å². The molecule has 0 atom stereocenters. The maximum absolute atomic E-state index is 6.15. The van der Waals surface area contributed by atoms with Crippen LogP contribution in [-0.4, -0.2) is 8.07 Å². The Morgan fingerprint density at radius 2 is 1.47 bits per heavy atom. The van der Waals surface area contributed by atoms with E-state index in [0.29, 0.717) is 0 Å². The van der Waals surface area contributed by atoms with Gasteiger partial charge in [0.2, 0.25) is 0 Å². The van der Waals surface area contributed by atoms with Crippen LogP contribution in [0.2, 0.25) is 18.1 Å².